The molecule has 1 aromatic heterocycles. The van der Waals surface area contributed by atoms with Gasteiger partial charge in [-0.25, -0.2) is 8.78 Å². The predicted molar refractivity (Wildman–Crippen MR) is 118 cm³/mol. The number of carbonyl (C=O) groups excluding carboxylic acids is 1. The standard InChI is InChI=1S/C22H15ClF2N4OS/c23-15-6-4-5-14(11-15)21-27-28-22(29(21)17-7-2-1-3-8-17)31-13-20(30)26-16-9-10-18(24)19(25)12-16/h1-12H,13H2,(H,26,30). The minimum atomic E-state index is -1.03. The number of hydrogen-bond acceptors (Lipinski definition) is 4. The van der Waals surface area contributed by atoms with Crippen LogP contribution in [0.25, 0.3) is 17.1 Å². The van der Waals surface area contributed by atoms with Gasteiger partial charge in [-0.05, 0) is 36.4 Å². The Balaban J connectivity index is 1.58. The molecule has 4 rings (SSSR count). The van der Waals surface area contributed by atoms with Crippen LogP contribution in [0.5, 0.6) is 0 Å². The van der Waals surface area contributed by atoms with E-state index in [4.69, 9.17) is 11.6 Å². The molecule has 0 aliphatic rings. The van der Waals surface area contributed by atoms with E-state index < -0.39 is 11.6 Å². The van der Waals surface area contributed by atoms with Crippen molar-refractivity contribution in [3.05, 3.63) is 89.5 Å². The van der Waals surface area contributed by atoms with Crippen LogP contribution in [0.4, 0.5) is 14.5 Å². The highest BCUT2D eigenvalue weighted by Gasteiger charge is 2.17. The highest BCUT2D eigenvalue weighted by molar-refractivity contribution is 7.99. The molecule has 1 amide bonds. The quantitative estimate of drug-likeness (QED) is 0.384. The molecule has 0 radical (unpaired) electrons. The molecule has 31 heavy (non-hydrogen) atoms. The number of rotatable bonds is 6. The van der Waals surface area contributed by atoms with E-state index in [1.165, 1.54) is 17.8 Å². The van der Waals surface area contributed by atoms with Gasteiger partial charge in [0.25, 0.3) is 0 Å². The van der Waals surface area contributed by atoms with E-state index in [0.717, 1.165) is 23.4 Å². The molecule has 9 heteroatoms. The molecule has 1 heterocycles. The van der Waals surface area contributed by atoms with Crippen molar-refractivity contribution in [3.63, 3.8) is 0 Å². The fourth-order valence-electron chi connectivity index (χ4n) is 2.89. The molecule has 1 N–H and O–H groups in total. The van der Waals surface area contributed by atoms with E-state index in [1.54, 1.807) is 12.1 Å². The summed E-state index contributed by atoms with van der Waals surface area (Å²) in [5.74, 6) is -1.81. The minimum Gasteiger partial charge on any atom is -0.325 e. The molecule has 0 aliphatic heterocycles. The highest BCUT2D eigenvalue weighted by Crippen LogP contribution is 2.29. The molecule has 3 aromatic carbocycles. The van der Waals surface area contributed by atoms with Crippen LogP contribution in [0, 0.1) is 11.6 Å². The monoisotopic (exact) mass is 456 g/mol. The summed E-state index contributed by atoms with van der Waals surface area (Å²) in [4.78, 5) is 12.3. The van der Waals surface area contributed by atoms with Crippen molar-refractivity contribution < 1.29 is 13.6 Å². The third kappa shape index (κ3) is 4.92. The zero-order valence-electron chi connectivity index (χ0n) is 15.9. The van der Waals surface area contributed by atoms with Crippen molar-refractivity contribution in [2.24, 2.45) is 0 Å². The summed E-state index contributed by atoms with van der Waals surface area (Å²) < 4.78 is 28.2. The minimum absolute atomic E-state index is 0.000488. The summed E-state index contributed by atoms with van der Waals surface area (Å²) in [5.41, 5.74) is 1.78. The molecule has 0 spiro atoms. The summed E-state index contributed by atoms with van der Waals surface area (Å²) in [6, 6.07) is 19.9. The maximum Gasteiger partial charge on any atom is 0.234 e. The maximum absolute atomic E-state index is 13.4. The van der Waals surface area contributed by atoms with Gasteiger partial charge in [0.15, 0.2) is 22.6 Å². The average molecular weight is 457 g/mol. The maximum atomic E-state index is 13.4. The van der Waals surface area contributed by atoms with Crippen LogP contribution in [0.15, 0.2) is 78.0 Å². The Kier molecular flexibility index (Phi) is 6.29. The van der Waals surface area contributed by atoms with E-state index in [-0.39, 0.29) is 17.3 Å². The first kappa shape index (κ1) is 21.0. The second-order valence-electron chi connectivity index (χ2n) is 6.45. The molecule has 0 atom stereocenters. The summed E-state index contributed by atoms with van der Waals surface area (Å²) in [6.45, 7) is 0. The van der Waals surface area contributed by atoms with Gasteiger partial charge in [0.1, 0.15) is 0 Å². The SMILES string of the molecule is O=C(CSc1nnc(-c2cccc(Cl)c2)n1-c1ccccc1)Nc1ccc(F)c(F)c1. The lowest BCUT2D eigenvalue weighted by molar-refractivity contribution is -0.113. The van der Waals surface area contributed by atoms with Gasteiger partial charge in [0.05, 0.1) is 5.75 Å². The van der Waals surface area contributed by atoms with Gasteiger partial charge in [0.2, 0.25) is 5.91 Å². The number of nitrogens with one attached hydrogen (secondary N) is 1. The lowest BCUT2D eigenvalue weighted by atomic mass is 10.2. The van der Waals surface area contributed by atoms with Crippen LogP contribution in [-0.2, 0) is 4.79 Å². The molecular formula is C22H15ClF2N4OS. The number of halogens is 3. The second kappa shape index (κ2) is 9.28. The number of amides is 1. The van der Waals surface area contributed by atoms with Gasteiger partial charge in [-0.2, -0.15) is 0 Å². The zero-order chi connectivity index (χ0) is 21.8. The summed E-state index contributed by atoms with van der Waals surface area (Å²) in [5, 5.41) is 12.2. The number of anilines is 1. The zero-order valence-corrected chi connectivity index (χ0v) is 17.5. The first-order valence-corrected chi connectivity index (χ1v) is 10.5. The smallest absolute Gasteiger partial charge is 0.234 e. The van der Waals surface area contributed by atoms with Crippen LogP contribution in [-0.4, -0.2) is 26.4 Å². The van der Waals surface area contributed by atoms with E-state index >= 15 is 0 Å². The first-order chi connectivity index (χ1) is 15.0. The van der Waals surface area contributed by atoms with Gasteiger partial charge >= 0.3 is 0 Å². The number of benzene rings is 3. The van der Waals surface area contributed by atoms with Crippen molar-refractivity contribution in [1.82, 2.24) is 14.8 Å². The van der Waals surface area contributed by atoms with Crippen molar-refractivity contribution in [1.29, 1.82) is 0 Å². The van der Waals surface area contributed by atoms with Crippen LogP contribution in [0.2, 0.25) is 5.02 Å². The third-order valence-corrected chi connectivity index (χ3v) is 5.43. The fourth-order valence-corrected chi connectivity index (χ4v) is 3.83. The molecule has 0 saturated heterocycles. The fraction of sp³-hybridized carbons (Fsp3) is 0.0455. The van der Waals surface area contributed by atoms with Crippen molar-refractivity contribution in [2.45, 2.75) is 5.16 Å². The lowest BCUT2D eigenvalue weighted by Crippen LogP contribution is -2.14. The van der Waals surface area contributed by atoms with E-state index in [0.29, 0.717) is 16.0 Å². The number of para-hydroxylation sites is 1. The molecular weight excluding hydrogens is 442 g/mol. The second-order valence-corrected chi connectivity index (χ2v) is 7.83. The molecule has 0 aliphatic carbocycles. The summed E-state index contributed by atoms with van der Waals surface area (Å²) in [7, 11) is 0. The molecule has 0 saturated carbocycles. The lowest BCUT2D eigenvalue weighted by Gasteiger charge is -2.10. The number of thioether (sulfide) groups is 1. The third-order valence-electron chi connectivity index (χ3n) is 4.27. The molecule has 5 nitrogen and oxygen atoms in total. The van der Waals surface area contributed by atoms with Gasteiger partial charge in [0, 0.05) is 28.0 Å². The van der Waals surface area contributed by atoms with E-state index in [1.807, 2.05) is 47.0 Å². The van der Waals surface area contributed by atoms with Crippen LogP contribution in [0.1, 0.15) is 0 Å². The Hall–Kier alpha value is -3.23. The summed E-state index contributed by atoms with van der Waals surface area (Å²) in [6.07, 6.45) is 0. The van der Waals surface area contributed by atoms with Crippen LogP contribution in [0.3, 0.4) is 0 Å². The first-order valence-electron chi connectivity index (χ1n) is 9.16. The average Bonchev–Trinajstić information content (AvgIpc) is 3.19. The number of hydrogen-bond donors (Lipinski definition) is 1. The van der Waals surface area contributed by atoms with E-state index in [2.05, 4.69) is 15.5 Å². The van der Waals surface area contributed by atoms with Crippen LogP contribution < -0.4 is 5.32 Å². The van der Waals surface area contributed by atoms with E-state index in [9.17, 15) is 13.6 Å². The Morgan fingerprint density at radius 1 is 0.968 bits per heavy atom. The Labute approximate surface area is 186 Å². The number of aromatic nitrogens is 3. The molecule has 156 valence electrons. The predicted octanol–water partition coefficient (Wildman–Crippen LogP) is 5.60. The Morgan fingerprint density at radius 2 is 1.77 bits per heavy atom. The normalized spacial score (nSPS) is 10.8. The topological polar surface area (TPSA) is 59.8 Å². The van der Waals surface area contributed by atoms with Crippen molar-refractivity contribution in [3.8, 4) is 17.1 Å². The molecule has 0 bridgehead atoms. The largest absolute Gasteiger partial charge is 0.325 e. The van der Waals surface area contributed by atoms with Crippen LogP contribution >= 0.6 is 23.4 Å². The van der Waals surface area contributed by atoms with Gasteiger partial charge in [-0.3, -0.25) is 9.36 Å². The molecule has 0 unspecified atom stereocenters. The molecule has 0 fully saturated rings. The number of carbonyl (C=O) groups is 1. The van der Waals surface area contributed by atoms with Crippen molar-refractivity contribution >= 4 is 35.0 Å². The van der Waals surface area contributed by atoms with Crippen molar-refractivity contribution in [2.75, 3.05) is 11.1 Å². The van der Waals surface area contributed by atoms with Gasteiger partial charge < -0.3 is 5.32 Å². The summed E-state index contributed by atoms with van der Waals surface area (Å²) >= 11 is 7.31. The Bertz CT molecular complexity index is 1230. The number of nitrogens with zero attached hydrogens (tertiary/aromatic N) is 3. The van der Waals surface area contributed by atoms with Gasteiger partial charge in [-0.1, -0.05) is 53.7 Å². The van der Waals surface area contributed by atoms with Gasteiger partial charge in [-0.15, -0.1) is 10.2 Å². The Morgan fingerprint density at radius 3 is 2.52 bits per heavy atom. The molecule has 4 aromatic rings. The highest BCUT2D eigenvalue weighted by atomic mass is 35.5.